The van der Waals surface area contributed by atoms with E-state index in [1.165, 1.54) is 0 Å². The van der Waals surface area contributed by atoms with Gasteiger partial charge in [-0.15, -0.1) is 0 Å². The summed E-state index contributed by atoms with van der Waals surface area (Å²) in [6.07, 6.45) is 1.81. The minimum absolute atomic E-state index is 0. The molecule has 2 heterocycles. The number of carbonyl (C=O) groups is 3. The standard InChI is InChI=1S/C26H25Cl2N3O2S.C24H18Cl2N2O3S.C2H7N.CH4/c1-30(2)10-9-19(17-7-8-22(27)23(28)14-17)16-31-11-12-34(33)25-20(15-29)13-18-5-3-4-6-21(18)24(25)26(31)32;25-20-6-5-15(12-21(20)26)17(7-9-29)14-28-8-10-32(31)23-18(13-27)11-16-3-1-2-4-19(16)22(23)24(28)30;1-3-2;/h3-8,13-14,19H,9-12,16H2,1-2H3;1-6,9,11-12,17H,7-8,10,14H2;3H,1-2H3;1H4/t19-,34-;17-,32-;;/m11../s1. The highest BCUT2D eigenvalue weighted by molar-refractivity contribution is 7.85. The first-order valence-electron chi connectivity index (χ1n) is 22.0. The second-order valence-electron chi connectivity index (χ2n) is 16.8. The Labute approximate surface area is 435 Å². The second-order valence-corrected chi connectivity index (χ2v) is 21.4. The summed E-state index contributed by atoms with van der Waals surface area (Å²) in [6, 6.07) is 33.1. The number of rotatable bonds is 11. The van der Waals surface area contributed by atoms with E-state index in [0.717, 1.165) is 46.5 Å². The maximum atomic E-state index is 13.9. The first-order valence-corrected chi connectivity index (χ1v) is 26.1. The van der Waals surface area contributed by atoms with Crippen molar-refractivity contribution in [1.29, 1.82) is 10.5 Å². The molecule has 0 unspecified atom stereocenters. The van der Waals surface area contributed by atoms with E-state index in [1.807, 2.05) is 82.8 Å². The highest BCUT2D eigenvalue weighted by atomic mass is 35.5. The van der Waals surface area contributed by atoms with E-state index in [4.69, 9.17) is 46.4 Å². The molecule has 0 aromatic heterocycles. The zero-order valence-corrected chi connectivity index (χ0v) is 43.1. The van der Waals surface area contributed by atoms with Crippen LogP contribution >= 0.6 is 46.4 Å². The van der Waals surface area contributed by atoms with Crippen molar-refractivity contribution in [2.75, 3.05) is 72.4 Å². The van der Waals surface area contributed by atoms with Crippen LogP contribution in [0.15, 0.2) is 107 Å². The monoisotopic (exact) mass is 1060 g/mol. The number of carbonyl (C=O) groups excluding carboxylic acids is 3. The Bertz CT molecular complexity index is 3050. The summed E-state index contributed by atoms with van der Waals surface area (Å²) in [5, 5.41) is 26.8. The van der Waals surface area contributed by atoms with Crippen LogP contribution in [0.3, 0.4) is 0 Å². The van der Waals surface area contributed by atoms with E-state index in [0.29, 0.717) is 65.0 Å². The molecule has 2 aliphatic heterocycles. The van der Waals surface area contributed by atoms with E-state index in [2.05, 4.69) is 22.4 Å². The van der Waals surface area contributed by atoms with Crippen LogP contribution in [0.4, 0.5) is 0 Å². The summed E-state index contributed by atoms with van der Waals surface area (Å²) in [6.45, 7) is 2.12. The first-order chi connectivity index (χ1) is 33.1. The molecule has 0 aliphatic carbocycles. The van der Waals surface area contributed by atoms with Gasteiger partial charge < -0.3 is 24.8 Å². The third-order valence-corrected chi connectivity index (χ3v) is 16.2. The van der Waals surface area contributed by atoms with Crippen molar-refractivity contribution >= 4 is 108 Å². The fraction of sp³-hybridized carbons (Fsp3) is 0.302. The molecule has 0 spiro atoms. The Kier molecular flexibility index (Phi) is 20.5. The molecule has 70 heavy (non-hydrogen) atoms. The van der Waals surface area contributed by atoms with Crippen LogP contribution in [-0.4, -0.2) is 114 Å². The lowest BCUT2D eigenvalue weighted by Gasteiger charge is -2.28. The van der Waals surface area contributed by atoms with Gasteiger partial charge in [0.15, 0.2) is 0 Å². The molecule has 1 N–H and O–H groups in total. The number of nitrogens with one attached hydrogen (secondary N) is 1. The number of aldehydes is 1. The van der Waals surface area contributed by atoms with E-state index in [-0.39, 0.29) is 67.7 Å². The van der Waals surface area contributed by atoms with Crippen molar-refractivity contribution in [1.82, 2.24) is 20.0 Å². The van der Waals surface area contributed by atoms with Crippen LogP contribution < -0.4 is 5.32 Å². The van der Waals surface area contributed by atoms with E-state index in [1.54, 1.807) is 52.3 Å². The Morgan fingerprint density at radius 1 is 0.671 bits per heavy atom. The maximum absolute atomic E-state index is 13.9. The van der Waals surface area contributed by atoms with Crippen LogP contribution in [0.25, 0.3) is 21.5 Å². The summed E-state index contributed by atoms with van der Waals surface area (Å²) in [5.74, 6) is -0.276. The summed E-state index contributed by atoms with van der Waals surface area (Å²) >= 11 is 24.6. The molecule has 11 nitrogen and oxygen atoms in total. The van der Waals surface area contributed by atoms with Gasteiger partial charge in [-0.05, 0) is 110 Å². The number of nitriles is 2. The van der Waals surface area contributed by atoms with Gasteiger partial charge in [0.1, 0.15) is 18.4 Å². The smallest absolute Gasteiger partial charge is 0.255 e. The SMILES string of the molecule is C.CN(C)CC[C@H](CN1CC[S@@](=O)c2c(C#N)cc3ccccc3c2C1=O)c1ccc(Cl)c(Cl)c1.CNC.N#Cc1cc2ccccc2c2c1[S@](=O)CCN(C[C@@H](CC=O)c1ccc(Cl)c(Cl)c1)C2=O. The lowest BCUT2D eigenvalue weighted by Crippen LogP contribution is -2.36. The Morgan fingerprint density at radius 3 is 1.49 bits per heavy atom. The molecular weight excluding hydrogens is 1010 g/mol. The van der Waals surface area contributed by atoms with E-state index < -0.39 is 21.6 Å². The Balaban J connectivity index is 0.000000244. The average Bonchev–Trinajstić information content (AvgIpc) is 3.55. The van der Waals surface area contributed by atoms with Gasteiger partial charge in [0.05, 0.1) is 73.7 Å². The van der Waals surface area contributed by atoms with Crippen molar-refractivity contribution in [3.63, 3.8) is 0 Å². The van der Waals surface area contributed by atoms with Crippen LogP contribution in [-0.2, 0) is 26.4 Å². The summed E-state index contributed by atoms with van der Waals surface area (Å²) in [7, 11) is 4.82. The fourth-order valence-corrected chi connectivity index (χ4v) is 11.8. The molecule has 6 aromatic rings. The van der Waals surface area contributed by atoms with Gasteiger partial charge >= 0.3 is 0 Å². The largest absolute Gasteiger partial charge is 0.337 e. The van der Waals surface area contributed by atoms with Gasteiger partial charge in [-0.2, -0.15) is 10.5 Å². The van der Waals surface area contributed by atoms with Gasteiger partial charge in [-0.3, -0.25) is 18.0 Å². The molecule has 0 bridgehead atoms. The minimum Gasteiger partial charge on any atom is -0.337 e. The average molecular weight is 1060 g/mol. The quantitative estimate of drug-likeness (QED) is 0.125. The highest BCUT2D eigenvalue weighted by Crippen LogP contribution is 2.36. The van der Waals surface area contributed by atoms with Gasteiger partial charge in [0.2, 0.25) is 0 Å². The van der Waals surface area contributed by atoms with Crippen molar-refractivity contribution in [3.8, 4) is 12.1 Å². The maximum Gasteiger partial charge on any atom is 0.255 e. The number of benzene rings is 6. The Morgan fingerprint density at radius 2 is 1.09 bits per heavy atom. The van der Waals surface area contributed by atoms with Crippen molar-refractivity contribution in [2.24, 2.45) is 0 Å². The number of nitrogens with zero attached hydrogens (tertiary/aromatic N) is 5. The third kappa shape index (κ3) is 12.8. The topological polar surface area (TPSA) is 155 Å². The van der Waals surface area contributed by atoms with Crippen LogP contribution in [0, 0.1) is 22.7 Å². The van der Waals surface area contributed by atoms with Crippen LogP contribution in [0.5, 0.6) is 0 Å². The zero-order chi connectivity index (χ0) is 49.9. The number of hydrogen-bond acceptors (Lipinski definition) is 9. The van der Waals surface area contributed by atoms with Gasteiger partial charge in [0, 0.05) is 55.9 Å². The van der Waals surface area contributed by atoms with Gasteiger partial charge in [0.25, 0.3) is 11.8 Å². The lowest BCUT2D eigenvalue weighted by atomic mass is 9.94. The fourth-order valence-electron chi connectivity index (χ4n) is 8.45. The number of halogens is 4. The molecule has 0 saturated heterocycles. The lowest BCUT2D eigenvalue weighted by molar-refractivity contribution is -0.108. The molecule has 4 atom stereocenters. The molecular formula is C53H54Cl4N6O5S2. The molecule has 2 aliphatic rings. The van der Waals surface area contributed by atoms with Crippen molar-refractivity contribution in [2.45, 2.75) is 41.9 Å². The highest BCUT2D eigenvalue weighted by Gasteiger charge is 2.34. The number of hydrogen-bond donors (Lipinski definition) is 1. The number of fused-ring (bicyclic) bond motifs is 6. The Hall–Kier alpha value is -5.19. The van der Waals surface area contributed by atoms with E-state index >= 15 is 0 Å². The van der Waals surface area contributed by atoms with Crippen LogP contribution in [0.2, 0.25) is 20.1 Å². The minimum atomic E-state index is -1.50. The van der Waals surface area contributed by atoms with Gasteiger partial charge in [-0.1, -0.05) is 114 Å². The molecule has 2 amide bonds. The molecule has 6 aromatic carbocycles. The number of amides is 2. The summed E-state index contributed by atoms with van der Waals surface area (Å²) < 4.78 is 26.3. The summed E-state index contributed by atoms with van der Waals surface area (Å²) in [5.41, 5.74) is 3.03. The van der Waals surface area contributed by atoms with Gasteiger partial charge in [-0.25, -0.2) is 0 Å². The molecule has 0 saturated carbocycles. The predicted molar refractivity (Wildman–Crippen MR) is 286 cm³/mol. The summed E-state index contributed by atoms with van der Waals surface area (Å²) in [4.78, 5) is 45.2. The van der Waals surface area contributed by atoms with Crippen molar-refractivity contribution < 1.29 is 22.8 Å². The predicted octanol–water partition coefficient (Wildman–Crippen LogP) is 10.7. The molecule has 0 radical (unpaired) electrons. The normalized spacial score (nSPS) is 16.2. The molecule has 366 valence electrons. The second kappa shape index (κ2) is 25.8. The molecule has 8 rings (SSSR count). The van der Waals surface area contributed by atoms with E-state index in [9.17, 15) is 33.3 Å². The van der Waals surface area contributed by atoms with Crippen LogP contribution in [0.1, 0.15) is 75.1 Å². The third-order valence-electron chi connectivity index (χ3n) is 11.8. The van der Waals surface area contributed by atoms with Crippen molar-refractivity contribution in [3.05, 3.63) is 151 Å². The zero-order valence-electron chi connectivity index (χ0n) is 38.4. The molecule has 17 heteroatoms. The first kappa shape index (κ1) is 55.7. The molecule has 0 fully saturated rings.